The first kappa shape index (κ1) is 11.6. The monoisotopic (exact) mass is 250 g/mol. The second-order valence-corrected chi connectivity index (χ2v) is 5.26. The largest absolute Gasteiger partial charge is 0.254 e. The summed E-state index contributed by atoms with van der Waals surface area (Å²) in [7, 11) is 0. The molecule has 2 aromatic rings. The van der Waals surface area contributed by atoms with Crippen LogP contribution in [0.25, 0.3) is 10.7 Å². The molecule has 2 aromatic heterocycles. The van der Waals surface area contributed by atoms with Crippen LogP contribution >= 0.6 is 24.0 Å². The predicted molar refractivity (Wildman–Crippen MR) is 72.1 cm³/mol. The van der Waals surface area contributed by atoms with E-state index >= 15 is 0 Å². The Hall–Kier alpha value is -0.870. The van der Waals surface area contributed by atoms with Crippen LogP contribution in [0.5, 0.6) is 0 Å². The summed E-state index contributed by atoms with van der Waals surface area (Å²) >= 11 is 6.04. The van der Waals surface area contributed by atoms with Gasteiger partial charge in [0.1, 0.15) is 5.01 Å². The molecule has 0 atom stereocenters. The van der Waals surface area contributed by atoms with Crippen molar-refractivity contribution < 1.29 is 0 Å². The Morgan fingerprint density at radius 1 is 1.38 bits per heavy atom. The van der Waals surface area contributed by atoms with E-state index in [0.29, 0.717) is 5.92 Å². The number of aromatic nitrogens is 2. The average Bonchev–Trinajstić information content (AvgIpc) is 2.74. The third-order valence-corrected chi connectivity index (χ3v) is 3.93. The minimum absolute atomic E-state index is 0.441. The van der Waals surface area contributed by atoms with Gasteiger partial charge in [-0.3, -0.25) is 4.98 Å². The lowest BCUT2D eigenvalue weighted by Crippen LogP contribution is -1.91. The maximum atomic E-state index is 4.66. The lowest BCUT2D eigenvalue weighted by molar-refractivity contribution is 0.824. The second kappa shape index (κ2) is 4.97. The smallest absolute Gasteiger partial charge is 0.142 e. The van der Waals surface area contributed by atoms with E-state index in [9.17, 15) is 0 Å². The first-order valence-corrected chi connectivity index (χ1v) is 6.69. The molecule has 2 heterocycles. The molecule has 0 aliphatic heterocycles. The molecule has 0 radical (unpaired) electrons. The van der Waals surface area contributed by atoms with Gasteiger partial charge in [-0.15, -0.1) is 11.3 Å². The lowest BCUT2D eigenvalue weighted by atomic mass is 10.1. The highest BCUT2D eigenvalue weighted by molar-refractivity contribution is 7.79. The third-order valence-electron chi connectivity index (χ3n) is 2.30. The topological polar surface area (TPSA) is 25.8 Å². The Labute approximate surface area is 105 Å². The van der Waals surface area contributed by atoms with Crippen LogP contribution in [0.1, 0.15) is 30.3 Å². The zero-order chi connectivity index (χ0) is 11.5. The molecule has 0 aromatic carbocycles. The fraction of sp³-hybridized carbons (Fsp3) is 0.333. The van der Waals surface area contributed by atoms with E-state index in [4.69, 9.17) is 0 Å². The van der Waals surface area contributed by atoms with Gasteiger partial charge in [-0.05, 0) is 18.1 Å². The molecule has 2 rings (SSSR count). The normalized spacial score (nSPS) is 11.0. The van der Waals surface area contributed by atoms with Crippen molar-refractivity contribution in [3.63, 3.8) is 0 Å². The molecule has 0 bridgehead atoms. The van der Waals surface area contributed by atoms with E-state index in [1.165, 1.54) is 4.88 Å². The van der Waals surface area contributed by atoms with Crippen molar-refractivity contribution in [2.24, 2.45) is 0 Å². The molecule has 0 aliphatic carbocycles. The molecular weight excluding hydrogens is 236 g/mol. The molecule has 0 saturated heterocycles. The summed E-state index contributed by atoms with van der Waals surface area (Å²) in [5.74, 6) is 1.19. The van der Waals surface area contributed by atoms with E-state index in [1.54, 1.807) is 17.5 Å². The van der Waals surface area contributed by atoms with Crippen molar-refractivity contribution in [3.05, 3.63) is 35.0 Å². The second-order valence-electron chi connectivity index (χ2n) is 3.86. The van der Waals surface area contributed by atoms with E-state index in [-0.39, 0.29) is 0 Å². The van der Waals surface area contributed by atoms with Crippen molar-refractivity contribution in [1.82, 2.24) is 9.97 Å². The molecule has 0 N–H and O–H groups in total. The van der Waals surface area contributed by atoms with E-state index in [2.05, 4.69) is 36.4 Å². The molecule has 0 spiro atoms. The summed E-state index contributed by atoms with van der Waals surface area (Å²) in [5.41, 5.74) is 2.10. The molecule has 0 aliphatic rings. The Balaban J connectivity index is 2.44. The van der Waals surface area contributed by atoms with Crippen LogP contribution in [0.15, 0.2) is 24.4 Å². The number of hydrogen-bond donors (Lipinski definition) is 1. The van der Waals surface area contributed by atoms with E-state index < -0.39 is 0 Å². The zero-order valence-electron chi connectivity index (χ0n) is 9.34. The molecule has 0 saturated carbocycles. The Morgan fingerprint density at radius 3 is 2.69 bits per heavy atom. The van der Waals surface area contributed by atoms with Crippen LogP contribution in [-0.4, -0.2) is 9.97 Å². The van der Waals surface area contributed by atoms with Crippen molar-refractivity contribution >= 4 is 24.0 Å². The van der Waals surface area contributed by atoms with Gasteiger partial charge in [0.2, 0.25) is 0 Å². The average molecular weight is 250 g/mol. The highest BCUT2D eigenvalue weighted by Crippen LogP contribution is 2.31. The van der Waals surface area contributed by atoms with Gasteiger partial charge in [0.05, 0.1) is 11.4 Å². The van der Waals surface area contributed by atoms with Gasteiger partial charge in [-0.1, -0.05) is 19.9 Å². The fourth-order valence-electron chi connectivity index (χ4n) is 1.53. The summed E-state index contributed by atoms with van der Waals surface area (Å²) < 4.78 is 0. The first-order valence-electron chi connectivity index (χ1n) is 5.24. The van der Waals surface area contributed by atoms with Gasteiger partial charge in [-0.2, -0.15) is 12.6 Å². The maximum Gasteiger partial charge on any atom is 0.142 e. The number of hydrogen-bond acceptors (Lipinski definition) is 4. The lowest BCUT2D eigenvalue weighted by Gasteiger charge is -2.01. The van der Waals surface area contributed by atoms with Crippen LogP contribution in [0.2, 0.25) is 0 Å². The first-order chi connectivity index (χ1) is 7.72. The van der Waals surface area contributed by atoms with Crippen LogP contribution in [0, 0.1) is 0 Å². The summed E-state index contributed by atoms with van der Waals surface area (Å²) in [6, 6.07) is 5.89. The number of pyridine rings is 1. The number of thiazole rings is 1. The number of thiol groups is 1. The summed E-state index contributed by atoms with van der Waals surface area (Å²) in [4.78, 5) is 10.2. The van der Waals surface area contributed by atoms with Crippen LogP contribution < -0.4 is 0 Å². The third kappa shape index (κ3) is 2.28. The molecular formula is C12H14N2S2. The Kier molecular flexibility index (Phi) is 3.61. The van der Waals surface area contributed by atoms with Crippen molar-refractivity contribution in [3.8, 4) is 10.7 Å². The van der Waals surface area contributed by atoms with Crippen molar-refractivity contribution in [1.29, 1.82) is 0 Å². The van der Waals surface area contributed by atoms with Gasteiger partial charge in [0.25, 0.3) is 0 Å². The molecule has 0 unspecified atom stereocenters. The number of rotatable bonds is 3. The van der Waals surface area contributed by atoms with E-state index in [1.807, 2.05) is 18.2 Å². The van der Waals surface area contributed by atoms with Gasteiger partial charge in [-0.25, -0.2) is 4.98 Å². The van der Waals surface area contributed by atoms with Crippen molar-refractivity contribution in [2.75, 3.05) is 0 Å². The van der Waals surface area contributed by atoms with Gasteiger partial charge in [0.15, 0.2) is 0 Å². The van der Waals surface area contributed by atoms with Crippen LogP contribution in [-0.2, 0) is 5.75 Å². The van der Waals surface area contributed by atoms with E-state index in [0.717, 1.165) is 22.1 Å². The molecule has 0 fully saturated rings. The zero-order valence-corrected chi connectivity index (χ0v) is 11.1. The van der Waals surface area contributed by atoms with Gasteiger partial charge < -0.3 is 0 Å². The summed E-state index contributed by atoms with van der Waals surface area (Å²) in [6.45, 7) is 4.31. The summed E-state index contributed by atoms with van der Waals surface area (Å²) in [5, 5.41) is 0.994. The minimum Gasteiger partial charge on any atom is -0.254 e. The van der Waals surface area contributed by atoms with Gasteiger partial charge in [0, 0.05) is 16.8 Å². The SMILES string of the molecule is CC(C)c1nc(-c2ccccn2)sc1CS. The van der Waals surface area contributed by atoms with Crippen LogP contribution in [0.3, 0.4) is 0 Å². The highest BCUT2D eigenvalue weighted by atomic mass is 32.1. The summed E-state index contributed by atoms with van der Waals surface area (Å²) in [6.07, 6.45) is 1.80. The Morgan fingerprint density at radius 2 is 2.19 bits per heavy atom. The Bertz CT molecular complexity index is 463. The quantitative estimate of drug-likeness (QED) is 0.839. The molecule has 84 valence electrons. The van der Waals surface area contributed by atoms with Crippen molar-refractivity contribution in [2.45, 2.75) is 25.5 Å². The number of nitrogens with zero attached hydrogens (tertiary/aromatic N) is 2. The molecule has 0 amide bonds. The molecule has 4 heteroatoms. The highest BCUT2D eigenvalue weighted by Gasteiger charge is 2.14. The fourth-order valence-corrected chi connectivity index (χ4v) is 2.94. The molecule has 2 nitrogen and oxygen atoms in total. The van der Waals surface area contributed by atoms with Gasteiger partial charge >= 0.3 is 0 Å². The molecule has 16 heavy (non-hydrogen) atoms. The standard InChI is InChI=1S/C12H14N2S2/c1-8(2)11-10(7-15)16-12(14-11)9-5-3-4-6-13-9/h3-6,8,15H,7H2,1-2H3. The predicted octanol–water partition coefficient (Wildman–Crippen LogP) is 3.76. The minimum atomic E-state index is 0.441. The maximum absolute atomic E-state index is 4.66. The van der Waals surface area contributed by atoms with Crippen LogP contribution in [0.4, 0.5) is 0 Å².